The number of hydrogen-bond donors (Lipinski definition) is 2. The maximum absolute atomic E-state index is 12.3. The fourth-order valence-corrected chi connectivity index (χ4v) is 3.41. The van der Waals surface area contributed by atoms with Gasteiger partial charge in [0.2, 0.25) is 5.91 Å². The van der Waals surface area contributed by atoms with Crippen molar-refractivity contribution in [2.45, 2.75) is 57.7 Å². The van der Waals surface area contributed by atoms with Crippen molar-refractivity contribution in [3.8, 4) is 5.75 Å². The van der Waals surface area contributed by atoms with Crippen LogP contribution < -0.4 is 15.8 Å². The number of aryl methyl sites for hydroxylation is 1. The van der Waals surface area contributed by atoms with Crippen molar-refractivity contribution >= 4 is 5.91 Å². The molecule has 3 N–H and O–H groups in total. The smallest absolute Gasteiger partial charge is 0.224 e. The van der Waals surface area contributed by atoms with Gasteiger partial charge in [0.25, 0.3) is 0 Å². The molecule has 4 heteroatoms. The monoisotopic (exact) mass is 352 g/mol. The van der Waals surface area contributed by atoms with E-state index >= 15 is 0 Å². The van der Waals surface area contributed by atoms with Crippen LogP contribution in [-0.2, 0) is 17.8 Å². The largest absolute Gasteiger partial charge is 0.489 e. The van der Waals surface area contributed by atoms with E-state index in [4.69, 9.17) is 10.5 Å². The summed E-state index contributed by atoms with van der Waals surface area (Å²) in [4.78, 5) is 12.3. The van der Waals surface area contributed by atoms with E-state index in [-0.39, 0.29) is 11.9 Å². The van der Waals surface area contributed by atoms with E-state index in [2.05, 4.69) is 24.4 Å². The summed E-state index contributed by atoms with van der Waals surface area (Å²) in [6.07, 6.45) is 4.32. The summed E-state index contributed by atoms with van der Waals surface area (Å²) in [5.74, 6) is 0.865. The number of carbonyl (C=O) groups excluding carboxylic acids is 1. The SMILES string of the molecule is Cc1ccccc1COc1cccc(CC(=O)NC2CCC(N)CC2)c1. The molecule has 0 saturated heterocycles. The van der Waals surface area contributed by atoms with Crippen molar-refractivity contribution in [2.75, 3.05) is 0 Å². The number of hydrogen-bond acceptors (Lipinski definition) is 3. The fourth-order valence-electron chi connectivity index (χ4n) is 3.41. The van der Waals surface area contributed by atoms with E-state index in [1.54, 1.807) is 0 Å². The van der Waals surface area contributed by atoms with Crippen LogP contribution in [0.3, 0.4) is 0 Å². The number of amides is 1. The Bertz CT molecular complexity index is 736. The average Bonchev–Trinajstić information content (AvgIpc) is 2.63. The van der Waals surface area contributed by atoms with Crippen molar-refractivity contribution in [3.63, 3.8) is 0 Å². The van der Waals surface area contributed by atoms with Gasteiger partial charge in [0.05, 0.1) is 6.42 Å². The van der Waals surface area contributed by atoms with Gasteiger partial charge < -0.3 is 15.8 Å². The van der Waals surface area contributed by atoms with Gasteiger partial charge in [0.15, 0.2) is 0 Å². The Hall–Kier alpha value is -2.33. The summed E-state index contributed by atoms with van der Waals surface area (Å²) in [6.45, 7) is 2.61. The second-order valence-corrected chi connectivity index (χ2v) is 7.22. The number of carbonyl (C=O) groups is 1. The van der Waals surface area contributed by atoms with Crippen LogP contribution in [0.25, 0.3) is 0 Å². The molecule has 2 aromatic carbocycles. The molecule has 1 amide bonds. The number of ether oxygens (including phenoxy) is 1. The summed E-state index contributed by atoms with van der Waals surface area (Å²) in [5.41, 5.74) is 9.28. The summed E-state index contributed by atoms with van der Waals surface area (Å²) in [5, 5.41) is 3.14. The third-order valence-electron chi connectivity index (χ3n) is 5.06. The molecule has 0 radical (unpaired) electrons. The first-order chi connectivity index (χ1) is 12.6. The number of benzene rings is 2. The lowest BCUT2D eigenvalue weighted by Gasteiger charge is -2.26. The minimum absolute atomic E-state index is 0.0709. The predicted octanol–water partition coefficient (Wildman–Crippen LogP) is 3.50. The van der Waals surface area contributed by atoms with Crippen LogP contribution in [0.1, 0.15) is 42.4 Å². The van der Waals surface area contributed by atoms with E-state index in [1.165, 1.54) is 11.1 Å². The summed E-state index contributed by atoms with van der Waals surface area (Å²) in [7, 11) is 0. The Kier molecular flexibility index (Phi) is 6.29. The van der Waals surface area contributed by atoms with Crippen LogP contribution in [0.15, 0.2) is 48.5 Å². The highest BCUT2D eigenvalue weighted by Gasteiger charge is 2.20. The first-order valence-corrected chi connectivity index (χ1v) is 9.41. The summed E-state index contributed by atoms with van der Waals surface area (Å²) in [6, 6.07) is 16.6. The molecule has 0 bridgehead atoms. The third kappa shape index (κ3) is 5.33. The highest BCUT2D eigenvalue weighted by atomic mass is 16.5. The van der Waals surface area contributed by atoms with E-state index in [0.717, 1.165) is 37.0 Å². The minimum Gasteiger partial charge on any atom is -0.489 e. The Morgan fingerprint density at radius 1 is 1.12 bits per heavy atom. The van der Waals surface area contributed by atoms with Crippen LogP contribution in [0, 0.1) is 6.92 Å². The zero-order valence-electron chi connectivity index (χ0n) is 15.4. The highest BCUT2D eigenvalue weighted by Crippen LogP contribution is 2.19. The first-order valence-electron chi connectivity index (χ1n) is 9.41. The molecular formula is C22H28N2O2. The fraction of sp³-hybridized carbons (Fsp3) is 0.409. The van der Waals surface area contributed by atoms with Crippen LogP contribution in [-0.4, -0.2) is 18.0 Å². The van der Waals surface area contributed by atoms with E-state index in [0.29, 0.717) is 19.1 Å². The van der Waals surface area contributed by atoms with Crippen molar-refractivity contribution in [1.82, 2.24) is 5.32 Å². The summed E-state index contributed by atoms with van der Waals surface area (Å²) >= 11 is 0. The van der Waals surface area contributed by atoms with E-state index < -0.39 is 0 Å². The van der Waals surface area contributed by atoms with Gasteiger partial charge in [0.1, 0.15) is 12.4 Å². The molecule has 3 rings (SSSR count). The third-order valence-corrected chi connectivity index (χ3v) is 5.06. The molecule has 26 heavy (non-hydrogen) atoms. The molecule has 0 atom stereocenters. The van der Waals surface area contributed by atoms with Gasteiger partial charge in [-0.05, 0) is 61.4 Å². The van der Waals surface area contributed by atoms with Crippen molar-refractivity contribution in [2.24, 2.45) is 5.73 Å². The lowest BCUT2D eigenvalue weighted by Crippen LogP contribution is -2.41. The van der Waals surface area contributed by atoms with Gasteiger partial charge in [-0.1, -0.05) is 36.4 Å². The number of rotatable bonds is 6. The molecule has 0 aromatic heterocycles. The maximum atomic E-state index is 12.3. The molecule has 1 aliphatic rings. The quantitative estimate of drug-likeness (QED) is 0.836. The molecular weight excluding hydrogens is 324 g/mol. The maximum Gasteiger partial charge on any atom is 0.224 e. The van der Waals surface area contributed by atoms with Gasteiger partial charge in [-0.25, -0.2) is 0 Å². The second-order valence-electron chi connectivity index (χ2n) is 7.22. The molecule has 0 unspecified atom stereocenters. The Morgan fingerprint density at radius 3 is 2.65 bits per heavy atom. The molecule has 138 valence electrons. The van der Waals surface area contributed by atoms with E-state index in [9.17, 15) is 4.79 Å². The van der Waals surface area contributed by atoms with Crippen molar-refractivity contribution in [1.29, 1.82) is 0 Å². The minimum atomic E-state index is 0.0709. The predicted molar refractivity (Wildman–Crippen MR) is 104 cm³/mol. The normalized spacial score (nSPS) is 19.8. The Morgan fingerprint density at radius 2 is 1.88 bits per heavy atom. The second kappa shape index (κ2) is 8.86. The molecule has 1 saturated carbocycles. The summed E-state index contributed by atoms with van der Waals surface area (Å²) < 4.78 is 5.91. The standard InChI is InChI=1S/C22H28N2O2/c1-16-5-2-3-7-18(16)15-26-21-8-4-6-17(13-21)14-22(25)24-20-11-9-19(23)10-12-20/h2-8,13,19-20H,9-12,14-15,23H2,1H3,(H,24,25). The molecule has 0 spiro atoms. The van der Waals surface area contributed by atoms with Gasteiger partial charge in [-0.3, -0.25) is 4.79 Å². The average molecular weight is 352 g/mol. The zero-order valence-corrected chi connectivity index (χ0v) is 15.4. The highest BCUT2D eigenvalue weighted by molar-refractivity contribution is 5.79. The van der Waals surface area contributed by atoms with Crippen LogP contribution in [0.4, 0.5) is 0 Å². The Balaban J connectivity index is 1.52. The van der Waals surface area contributed by atoms with Crippen molar-refractivity contribution < 1.29 is 9.53 Å². The van der Waals surface area contributed by atoms with Gasteiger partial charge in [-0.15, -0.1) is 0 Å². The zero-order chi connectivity index (χ0) is 18.4. The van der Waals surface area contributed by atoms with Gasteiger partial charge in [0, 0.05) is 12.1 Å². The lowest BCUT2D eigenvalue weighted by molar-refractivity contribution is -0.121. The molecule has 4 nitrogen and oxygen atoms in total. The lowest BCUT2D eigenvalue weighted by atomic mass is 9.91. The van der Waals surface area contributed by atoms with Crippen molar-refractivity contribution in [3.05, 3.63) is 65.2 Å². The Labute approximate surface area is 155 Å². The first kappa shape index (κ1) is 18.5. The molecule has 0 aliphatic heterocycles. The number of nitrogens with one attached hydrogen (secondary N) is 1. The van der Waals surface area contributed by atoms with Crippen LogP contribution in [0.5, 0.6) is 5.75 Å². The van der Waals surface area contributed by atoms with Crippen LogP contribution >= 0.6 is 0 Å². The van der Waals surface area contributed by atoms with Crippen LogP contribution in [0.2, 0.25) is 0 Å². The van der Waals surface area contributed by atoms with E-state index in [1.807, 2.05) is 36.4 Å². The number of nitrogens with two attached hydrogens (primary N) is 1. The molecule has 0 heterocycles. The van der Waals surface area contributed by atoms with Gasteiger partial charge in [-0.2, -0.15) is 0 Å². The molecule has 1 fully saturated rings. The van der Waals surface area contributed by atoms with Gasteiger partial charge >= 0.3 is 0 Å². The topological polar surface area (TPSA) is 64.3 Å². The molecule has 1 aliphatic carbocycles. The molecule has 2 aromatic rings.